The van der Waals surface area contributed by atoms with Crippen molar-refractivity contribution in [2.75, 3.05) is 0 Å². The van der Waals surface area contributed by atoms with Gasteiger partial charge in [-0.15, -0.1) is 0 Å². The second kappa shape index (κ2) is 13.0. The summed E-state index contributed by atoms with van der Waals surface area (Å²) >= 11 is 1.08. The van der Waals surface area contributed by atoms with Gasteiger partial charge in [0, 0.05) is 35.1 Å². The first-order chi connectivity index (χ1) is 21.5. The molecule has 232 valence electrons. The molecule has 45 heavy (non-hydrogen) atoms. The van der Waals surface area contributed by atoms with Crippen LogP contribution in [0.1, 0.15) is 25.0 Å². The summed E-state index contributed by atoms with van der Waals surface area (Å²) in [6.07, 6.45) is 0.629. The third-order valence-electron chi connectivity index (χ3n) is 7.26. The highest BCUT2D eigenvalue weighted by atomic mass is 32.2. The number of ether oxygens (including phenoxy) is 3. The number of hydrogen-bond donors (Lipinski definition) is 0. The summed E-state index contributed by atoms with van der Waals surface area (Å²) in [6, 6.07) is 10.4. The number of non-ortho nitro benzene ring substituents is 2. The van der Waals surface area contributed by atoms with E-state index in [0.29, 0.717) is 16.0 Å². The van der Waals surface area contributed by atoms with E-state index in [0.717, 1.165) is 11.8 Å². The molecule has 0 radical (unpaired) electrons. The van der Waals surface area contributed by atoms with Crippen molar-refractivity contribution in [3.63, 3.8) is 0 Å². The van der Waals surface area contributed by atoms with Crippen molar-refractivity contribution in [1.29, 1.82) is 0 Å². The highest BCUT2D eigenvalue weighted by molar-refractivity contribution is 8.03. The van der Waals surface area contributed by atoms with E-state index < -0.39 is 51.9 Å². The smallest absolute Gasteiger partial charge is 0.456 e. The summed E-state index contributed by atoms with van der Waals surface area (Å²) < 4.78 is 16.1. The number of β-lactam (4-membered cyclic amide) rings is 1. The average molecular weight is 637 g/mol. The van der Waals surface area contributed by atoms with Crippen LogP contribution in [-0.4, -0.2) is 59.9 Å². The monoisotopic (exact) mass is 636 g/mol. The Kier molecular flexibility index (Phi) is 8.98. The van der Waals surface area contributed by atoms with Crippen molar-refractivity contribution in [1.82, 2.24) is 19.9 Å². The fourth-order valence-corrected chi connectivity index (χ4v) is 6.06. The Hall–Kier alpha value is -5.45. The molecule has 1 aromatic heterocycles. The van der Waals surface area contributed by atoms with Gasteiger partial charge < -0.3 is 19.1 Å². The predicted octanol–water partition coefficient (Wildman–Crippen LogP) is 3.95. The summed E-state index contributed by atoms with van der Waals surface area (Å²) in [6.45, 7) is 2.96. The Morgan fingerprint density at radius 3 is 2.00 bits per heavy atom. The molecule has 0 saturated carbocycles. The van der Waals surface area contributed by atoms with Crippen LogP contribution < -0.4 is 0 Å². The normalized spacial score (nSPS) is 19.3. The topological polar surface area (TPSA) is 207 Å². The standard InChI is InChI=1S/C28H24N6O10S/c1-15-22-21(16(2)44-28(37)43-12-18-5-9-20(10-6-18)34(40)41)25(35)32(22)23(24(15)45-27-30-13-29-14-31-27)26(36)42-11-17-3-7-19(8-4-17)33(38)39/h3-10,13-16,21-22H,11-12H2,1-2H3/t15?,16?,21?,22-/m1/s1. The van der Waals surface area contributed by atoms with Gasteiger partial charge in [-0.2, -0.15) is 0 Å². The number of amides is 1. The molecule has 0 aliphatic carbocycles. The van der Waals surface area contributed by atoms with Crippen LogP contribution in [-0.2, 0) is 37.0 Å². The number of nitro groups is 2. The lowest BCUT2D eigenvalue weighted by Gasteiger charge is -2.47. The third kappa shape index (κ3) is 6.57. The molecule has 2 aliphatic heterocycles. The second-order valence-electron chi connectivity index (χ2n) is 10.0. The number of carbonyl (C=O) groups is 3. The van der Waals surface area contributed by atoms with E-state index >= 15 is 0 Å². The number of rotatable bonds is 11. The van der Waals surface area contributed by atoms with E-state index in [-0.39, 0.29) is 35.4 Å². The molecule has 2 aliphatic rings. The lowest BCUT2D eigenvalue weighted by Crippen LogP contribution is -2.64. The van der Waals surface area contributed by atoms with Crippen molar-refractivity contribution in [3.05, 3.63) is 103 Å². The molecule has 1 fully saturated rings. The van der Waals surface area contributed by atoms with Gasteiger partial charge in [-0.1, -0.05) is 18.7 Å². The van der Waals surface area contributed by atoms with Crippen LogP contribution in [0.15, 0.2) is 76.9 Å². The van der Waals surface area contributed by atoms with Gasteiger partial charge >= 0.3 is 12.1 Å². The molecule has 1 amide bonds. The number of aromatic nitrogens is 3. The summed E-state index contributed by atoms with van der Waals surface area (Å²) in [5, 5.41) is 22.1. The fourth-order valence-electron chi connectivity index (χ4n) is 5.06. The molecule has 3 heterocycles. The van der Waals surface area contributed by atoms with Crippen LogP contribution in [0.3, 0.4) is 0 Å². The summed E-state index contributed by atoms with van der Waals surface area (Å²) in [4.78, 5) is 73.8. The van der Waals surface area contributed by atoms with Crippen LogP contribution in [0.5, 0.6) is 0 Å². The maximum atomic E-state index is 13.4. The average Bonchev–Trinajstić information content (AvgIpc) is 3.27. The van der Waals surface area contributed by atoms with E-state index in [1.807, 2.05) is 6.92 Å². The highest BCUT2D eigenvalue weighted by Gasteiger charge is 2.61. The number of esters is 1. The maximum absolute atomic E-state index is 13.4. The third-order valence-corrected chi connectivity index (χ3v) is 8.44. The zero-order chi connectivity index (χ0) is 32.2. The molecule has 0 spiro atoms. The molecule has 1 saturated heterocycles. The number of nitro benzene ring substituents is 2. The molecule has 0 bridgehead atoms. The van der Waals surface area contributed by atoms with Crippen LogP contribution in [0.2, 0.25) is 0 Å². The van der Waals surface area contributed by atoms with Crippen LogP contribution >= 0.6 is 11.8 Å². The van der Waals surface area contributed by atoms with Crippen LogP contribution in [0, 0.1) is 32.1 Å². The Bertz CT molecular complexity index is 1670. The van der Waals surface area contributed by atoms with Gasteiger partial charge in [-0.25, -0.2) is 24.5 Å². The quantitative estimate of drug-likeness (QED) is 0.126. The van der Waals surface area contributed by atoms with E-state index in [2.05, 4.69) is 15.0 Å². The molecule has 3 aromatic rings. The first-order valence-corrected chi connectivity index (χ1v) is 14.2. The van der Waals surface area contributed by atoms with Gasteiger partial charge in [0.05, 0.1) is 21.8 Å². The van der Waals surface area contributed by atoms with Crippen LogP contribution in [0.4, 0.5) is 16.2 Å². The number of nitrogens with zero attached hydrogens (tertiary/aromatic N) is 6. The zero-order valence-corrected chi connectivity index (χ0v) is 24.5. The van der Waals surface area contributed by atoms with Gasteiger partial charge in [0.15, 0.2) is 5.16 Å². The van der Waals surface area contributed by atoms with E-state index in [1.165, 1.54) is 66.1 Å². The minimum Gasteiger partial charge on any atom is -0.456 e. The van der Waals surface area contributed by atoms with E-state index in [1.54, 1.807) is 6.92 Å². The molecule has 2 aromatic carbocycles. The molecule has 16 nitrogen and oxygen atoms in total. The summed E-state index contributed by atoms with van der Waals surface area (Å²) in [7, 11) is 0. The summed E-state index contributed by atoms with van der Waals surface area (Å²) in [5.41, 5.74) is 0.798. The van der Waals surface area contributed by atoms with Crippen LogP contribution in [0.25, 0.3) is 0 Å². The molecular weight excluding hydrogens is 612 g/mol. The first kappa shape index (κ1) is 31.0. The van der Waals surface area contributed by atoms with Gasteiger partial charge in [0.2, 0.25) is 5.91 Å². The highest BCUT2D eigenvalue weighted by Crippen LogP contribution is 2.52. The van der Waals surface area contributed by atoms with Crippen molar-refractivity contribution >= 4 is 41.2 Å². The van der Waals surface area contributed by atoms with E-state index in [9.17, 15) is 34.6 Å². The lowest BCUT2D eigenvalue weighted by atomic mass is 9.79. The molecule has 3 unspecified atom stereocenters. The minimum absolute atomic E-state index is 0.00835. The number of benzene rings is 2. The van der Waals surface area contributed by atoms with Crippen molar-refractivity contribution in [3.8, 4) is 0 Å². The Balaban J connectivity index is 1.27. The maximum Gasteiger partial charge on any atom is 0.508 e. The predicted molar refractivity (Wildman–Crippen MR) is 153 cm³/mol. The number of thioether (sulfide) groups is 1. The first-order valence-electron chi connectivity index (χ1n) is 13.4. The largest absolute Gasteiger partial charge is 0.508 e. The number of fused-ring (bicyclic) bond motifs is 1. The lowest BCUT2D eigenvalue weighted by molar-refractivity contribution is -0.385. The summed E-state index contributed by atoms with van der Waals surface area (Å²) in [5.74, 6) is -2.46. The van der Waals surface area contributed by atoms with E-state index in [4.69, 9.17) is 14.2 Å². The van der Waals surface area contributed by atoms with Crippen molar-refractivity contribution in [2.24, 2.45) is 11.8 Å². The molecule has 0 N–H and O–H groups in total. The van der Waals surface area contributed by atoms with Crippen molar-refractivity contribution < 1.29 is 38.4 Å². The fraction of sp³-hybridized carbons (Fsp3) is 0.286. The van der Waals surface area contributed by atoms with Gasteiger partial charge in [-0.3, -0.25) is 25.0 Å². The second-order valence-corrected chi connectivity index (χ2v) is 11.0. The van der Waals surface area contributed by atoms with Gasteiger partial charge in [0.1, 0.15) is 37.7 Å². The number of carbonyl (C=O) groups excluding carboxylic acids is 3. The van der Waals surface area contributed by atoms with Crippen molar-refractivity contribution in [2.45, 2.75) is 44.4 Å². The Morgan fingerprint density at radius 1 is 0.933 bits per heavy atom. The minimum atomic E-state index is -1.03. The molecule has 4 atom stereocenters. The zero-order valence-electron chi connectivity index (χ0n) is 23.7. The number of hydrogen-bond acceptors (Lipinski definition) is 14. The SMILES string of the molecule is CC(OC(=O)OCc1ccc([N+](=O)[O-])cc1)C1C(=O)N2C(C(=O)OCc3ccc([N+](=O)[O-])cc3)=C(Sc3ncncn3)C(C)[C@H]12. The Labute approximate surface area is 258 Å². The van der Waals surface area contributed by atoms with Gasteiger partial charge in [0.25, 0.3) is 11.4 Å². The molecule has 17 heteroatoms. The Morgan fingerprint density at radius 2 is 1.47 bits per heavy atom. The molecular formula is C28H24N6O10S. The molecule has 5 rings (SSSR count). The van der Waals surface area contributed by atoms with Gasteiger partial charge in [-0.05, 0) is 42.3 Å².